The Hall–Kier alpha value is -1.88. The summed E-state index contributed by atoms with van der Waals surface area (Å²) in [6, 6.07) is 9.88. The largest absolute Gasteiger partial charge is 0.368 e. The molecule has 0 radical (unpaired) electrons. The van der Waals surface area contributed by atoms with Crippen molar-refractivity contribution in [2.45, 2.75) is 45.1 Å². The second-order valence-corrected chi connectivity index (χ2v) is 8.03. The maximum absolute atomic E-state index is 13.0. The Morgan fingerprint density at radius 2 is 1.65 bits per heavy atom. The van der Waals surface area contributed by atoms with Gasteiger partial charge in [-0.3, -0.25) is 9.59 Å². The molecule has 1 aromatic carbocycles. The van der Waals surface area contributed by atoms with Gasteiger partial charge in [0.1, 0.15) is 6.10 Å². The number of ether oxygens (including phenoxy) is 1. The van der Waals surface area contributed by atoms with Crippen LogP contribution in [0.4, 0.5) is 0 Å². The molecule has 142 valence electrons. The Kier molecular flexibility index (Phi) is 5.66. The van der Waals surface area contributed by atoms with Crippen LogP contribution in [0.5, 0.6) is 0 Å². The van der Waals surface area contributed by atoms with Gasteiger partial charge in [0.2, 0.25) is 5.91 Å². The highest BCUT2D eigenvalue weighted by Crippen LogP contribution is 2.29. The first-order chi connectivity index (χ1) is 12.4. The monoisotopic (exact) mass is 358 g/mol. The zero-order valence-corrected chi connectivity index (χ0v) is 16.1. The predicted molar refractivity (Wildman–Crippen MR) is 101 cm³/mol. The third kappa shape index (κ3) is 4.26. The van der Waals surface area contributed by atoms with Crippen LogP contribution >= 0.6 is 0 Å². The van der Waals surface area contributed by atoms with Crippen LogP contribution in [-0.4, -0.2) is 60.5 Å². The summed E-state index contributed by atoms with van der Waals surface area (Å²) in [5, 5.41) is 0. The minimum absolute atomic E-state index is 0.0417. The van der Waals surface area contributed by atoms with Gasteiger partial charge in [0, 0.05) is 26.2 Å². The van der Waals surface area contributed by atoms with E-state index in [1.165, 1.54) is 12.8 Å². The van der Waals surface area contributed by atoms with Crippen molar-refractivity contribution in [2.75, 3.05) is 32.8 Å². The summed E-state index contributed by atoms with van der Waals surface area (Å²) in [6.45, 7) is 8.77. The molecule has 0 bridgehead atoms. The van der Waals surface area contributed by atoms with Crippen LogP contribution in [0.15, 0.2) is 30.3 Å². The minimum atomic E-state index is -0.561. The van der Waals surface area contributed by atoms with Gasteiger partial charge >= 0.3 is 0 Å². The van der Waals surface area contributed by atoms with Crippen LogP contribution in [0.3, 0.4) is 0 Å². The highest BCUT2D eigenvalue weighted by molar-refractivity contribution is 5.88. The molecule has 5 heteroatoms. The Bertz CT molecular complexity index is 632. The molecule has 1 aliphatic carbocycles. The van der Waals surface area contributed by atoms with E-state index < -0.39 is 11.5 Å². The van der Waals surface area contributed by atoms with Crippen LogP contribution in [-0.2, 0) is 19.7 Å². The maximum atomic E-state index is 13.0. The van der Waals surface area contributed by atoms with Gasteiger partial charge in [-0.15, -0.1) is 0 Å². The van der Waals surface area contributed by atoms with Gasteiger partial charge in [-0.1, -0.05) is 30.3 Å². The van der Waals surface area contributed by atoms with Crippen LogP contribution < -0.4 is 0 Å². The number of hydrogen-bond acceptors (Lipinski definition) is 3. The number of piperazine rings is 1. The molecule has 1 saturated heterocycles. The van der Waals surface area contributed by atoms with Crippen molar-refractivity contribution < 1.29 is 14.3 Å². The van der Waals surface area contributed by atoms with Crippen LogP contribution in [0.25, 0.3) is 0 Å². The van der Waals surface area contributed by atoms with Gasteiger partial charge in [-0.2, -0.15) is 0 Å². The molecule has 0 N–H and O–H groups in total. The number of hydrogen-bond donors (Lipinski definition) is 0. The van der Waals surface area contributed by atoms with E-state index in [0.29, 0.717) is 38.7 Å². The van der Waals surface area contributed by atoms with Gasteiger partial charge in [0.25, 0.3) is 5.91 Å². The van der Waals surface area contributed by atoms with Crippen molar-refractivity contribution in [3.05, 3.63) is 35.9 Å². The predicted octanol–water partition coefficient (Wildman–Crippen LogP) is 2.45. The molecule has 0 unspecified atom stereocenters. The van der Waals surface area contributed by atoms with Crippen molar-refractivity contribution in [1.29, 1.82) is 0 Å². The zero-order valence-electron chi connectivity index (χ0n) is 16.1. The summed E-state index contributed by atoms with van der Waals surface area (Å²) in [5.74, 6) is 0.814. The molecule has 1 aliphatic heterocycles. The molecule has 2 aliphatic rings. The molecule has 1 atom stereocenters. The zero-order chi connectivity index (χ0) is 18.7. The smallest absolute Gasteiger partial charge is 0.251 e. The molecule has 2 fully saturated rings. The average molecular weight is 358 g/mol. The number of carbonyl (C=O) groups is 2. The lowest BCUT2D eigenvalue weighted by Gasteiger charge is -2.39. The summed E-state index contributed by atoms with van der Waals surface area (Å²) < 4.78 is 5.70. The fourth-order valence-electron chi connectivity index (χ4n) is 3.40. The summed E-state index contributed by atoms with van der Waals surface area (Å²) in [6.07, 6.45) is 2.05. The van der Waals surface area contributed by atoms with E-state index in [0.717, 1.165) is 5.56 Å². The number of nitrogens with zero attached hydrogens (tertiary/aromatic N) is 2. The average Bonchev–Trinajstić information content (AvgIpc) is 3.50. The Morgan fingerprint density at radius 3 is 2.23 bits per heavy atom. The first kappa shape index (κ1) is 18.9. The molecule has 1 aromatic rings. The molecule has 26 heavy (non-hydrogen) atoms. The summed E-state index contributed by atoms with van der Waals surface area (Å²) >= 11 is 0. The van der Waals surface area contributed by atoms with E-state index in [2.05, 4.69) is 0 Å². The van der Waals surface area contributed by atoms with E-state index in [4.69, 9.17) is 4.74 Å². The summed E-state index contributed by atoms with van der Waals surface area (Å²) in [4.78, 5) is 29.2. The third-order valence-corrected chi connectivity index (χ3v) is 5.54. The van der Waals surface area contributed by atoms with E-state index in [-0.39, 0.29) is 11.8 Å². The standard InChI is InChI=1S/C21H30N2O3/c1-16(26-15-17-9-10-17)19(24)22-11-13-23(14-12-22)20(25)21(2,3)18-7-5-4-6-8-18/h4-8,16-17H,9-15H2,1-3H3/t16-/m1/s1. The van der Waals surface area contributed by atoms with Gasteiger partial charge in [0.05, 0.1) is 12.0 Å². The number of benzene rings is 1. The Morgan fingerprint density at radius 1 is 1.08 bits per heavy atom. The fourth-order valence-corrected chi connectivity index (χ4v) is 3.40. The van der Waals surface area contributed by atoms with Gasteiger partial charge in [-0.05, 0) is 45.1 Å². The van der Waals surface area contributed by atoms with Crippen LogP contribution in [0, 0.1) is 5.92 Å². The highest BCUT2D eigenvalue weighted by atomic mass is 16.5. The highest BCUT2D eigenvalue weighted by Gasteiger charge is 2.36. The lowest BCUT2D eigenvalue weighted by molar-refractivity contribution is -0.148. The van der Waals surface area contributed by atoms with E-state index in [9.17, 15) is 9.59 Å². The van der Waals surface area contributed by atoms with Crippen molar-refractivity contribution in [3.8, 4) is 0 Å². The van der Waals surface area contributed by atoms with Crippen molar-refractivity contribution in [1.82, 2.24) is 9.80 Å². The molecule has 0 spiro atoms. The lowest BCUT2D eigenvalue weighted by atomic mass is 9.83. The third-order valence-electron chi connectivity index (χ3n) is 5.54. The molecular formula is C21H30N2O3. The summed E-state index contributed by atoms with van der Waals surface area (Å²) in [7, 11) is 0. The minimum Gasteiger partial charge on any atom is -0.368 e. The van der Waals surface area contributed by atoms with Crippen LogP contribution in [0.1, 0.15) is 39.2 Å². The lowest BCUT2D eigenvalue weighted by Crippen LogP contribution is -2.55. The quantitative estimate of drug-likeness (QED) is 0.785. The van der Waals surface area contributed by atoms with E-state index in [1.54, 1.807) is 0 Å². The molecule has 2 amide bonds. The molecule has 0 aromatic heterocycles. The second-order valence-electron chi connectivity index (χ2n) is 8.03. The second kappa shape index (κ2) is 7.78. The molecule has 5 nitrogen and oxygen atoms in total. The topological polar surface area (TPSA) is 49.9 Å². The Labute approximate surface area is 156 Å². The van der Waals surface area contributed by atoms with Gasteiger partial charge in [-0.25, -0.2) is 0 Å². The van der Waals surface area contributed by atoms with Crippen molar-refractivity contribution in [3.63, 3.8) is 0 Å². The van der Waals surface area contributed by atoms with Crippen molar-refractivity contribution >= 4 is 11.8 Å². The van der Waals surface area contributed by atoms with Gasteiger partial charge < -0.3 is 14.5 Å². The molecule has 3 rings (SSSR count). The number of rotatable bonds is 6. The summed E-state index contributed by atoms with van der Waals surface area (Å²) in [5.41, 5.74) is 0.458. The van der Waals surface area contributed by atoms with E-state index in [1.807, 2.05) is 60.9 Å². The fraction of sp³-hybridized carbons (Fsp3) is 0.619. The molecule has 1 heterocycles. The van der Waals surface area contributed by atoms with Crippen LogP contribution in [0.2, 0.25) is 0 Å². The maximum Gasteiger partial charge on any atom is 0.251 e. The first-order valence-electron chi connectivity index (χ1n) is 9.65. The first-order valence-corrected chi connectivity index (χ1v) is 9.65. The van der Waals surface area contributed by atoms with E-state index >= 15 is 0 Å². The van der Waals surface area contributed by atoms with Crippen molar-refractivity contribution in [2.24, 2.45) is 5.92 Å². The Balaban J connectivity index is 1.52. The molecule has 1 saturated carbocycles. The van der Waals surface area contributed by atoms with Gasteiger partial charge in [0.15, 0.2) is 0 Å². The SMILES string of the molecule is C[C@@H](OCC1CC1)C(=O)N1CCN(C(=O)C(C)(C)c2ccccc2)CC1. The number of carbonyl (C=O) groups excluding carboxylic acids is 2. The normalized spacial score (nSPS) is 19.3. The number of amides is 2. The molecular weight excluding hydrogens is 328 g/mol.